The Morgan fingerprint density at radius 1 is 1.29 bits per heavy atom. The van der Waals surface area contributed by atoms with E-state index in [2.05, 4.69) is 29.8 Å². The van der Waals surface area contributed by atoms with Gasteiger partial charge in [-0.25, -0.2) is 4.79 Å². The molecule has 1 rings (SSSR count). The zero-order chi connectivity index (χ0) is 15.7. The van der Waals surface area contributed by atoms with Crippen molar-refractivity contribution in [3.8, 4) is 0 Å². The summed E-state index contributed by atoms with van der Waals surface area (Å²) in [6.45, 7) is 5.39. The maximum Gasteiger partial charge on any atom is 0.319 e. The number of carbonyl (C=O) groups excluding carboxylic acids is 2. The lowest BCUT2D eigenvalue weighted by Crippen LogP contribution is -2.31. The van der Waals surface area contributed by atoms with E-state index in [1.807, 2.05) is 24.3 Å². The third-order valence-corrected chi connectivity index (χ3v) is 3.00. The third kappa shape index (κ3) is 6.76. The Labute approximate surface area is 125 Å². The number of amides is 3. The van der Waals surface area contributed by atoms with E-state index in [0.717, 1.165) is 18.5 Å². The van der Waals surface area contributed by atoms with Gasteiger partial charge in [0.25, 0.3) is 0 Å². The highest BCUT2D eigenvalue weighted by Gasteiger charge is 2.06. The van der Waals surface area contributed by atoms with E-state index in [-0.39, 0.29) is 25.0 Å². The van der Waals surface area contributed by atoms with E-state index in [0.29, 0.717) is 5.69 Å². The molecule has 0 saturated heterocycles. The molecule has 1 unspecified atom stereocenters. The van der Waals surface area contributed by atoms with Gasteiger partial charge in [-0.05, 0) is 37.6 Å². The van der Waals surface area contributed by atoms with Gasteiger partial charge in [-0.3, -0.25) is 4.79 Å². The van der Waals surface area contributed by atoms with Crippen molar-refractivity contribution >= 4 is 17.6 Å². The minimum Gasteiger partial charge on any atom is -0.370 e. The van der Waals surface area contributed by atoms with Gasteiger partial charge < -0.3 is 21.7 Å². The summed E-state index contributed by atoms with van der Waals surface area (Å²) >= 11 is 0. The Kier molecular flexibility index (Phi) is 7.25. The van der Waals surface area contributed by atoms with E-state index in [1.54, 1.807) is 0 Å². The second-order valence-corrected chi connectivity index (χ2v) is 4.90. The first-order valence-corrected chi connectivity index (χ1v) is 7.19. The van der Waals surface area contributed by atoms with E-state index < -0.39 is 5.91 Å². The molecule has 0 aromatic heterocycles. The predicted molar refractivity (Wildman–Crippen MR) is 84.0 cm³/mol. The fraction of sp³-hybridized carbons (Fsp3) is 0.467. The molecular weight excluding hydrogens is 268 g/mol. The summed E-state index contributed by atoms with van der Waals surface area (Å²) in [6.07, 6.45) is 1.20. The van der Waals surface area contributed by atoms with Crippen molar-refractivity contribution in [2.24, 2.45) is 5.73 Å². The molecule has 0 heterocycles. The Morgan fingerprint density at radius 2 is 2.05 bits per heavy atom. The average Bonchev–Trinajstić information content (AvgIpc) is 2.44. The van der Waals surface area contributed by atoms with Gasteiger partial charge >= 0.3 is 6.03 Å². The lowest BCUT2D eigenvalue weighted by molar-refractivity contribution is -0.117. The first-order valence-electron chi connectivity index (χ1n) is 7.19. The number of carbonyl (C=O) groups is 2. The normalized spacial score (nSPS) is 11.7. The summed E-state index contributed by atoms with van der Waals surface area (Å²) < 4.78 is 0. The van der Waals surface area contributed by atoms with Gasteiger partial charge in [0, 0.05) is 24.7 Å². The summed E-state index contributed by atoms with van der Waals surface area (Å²) in [6, 6.07) is 7.55. The smallest absolute Gasteiger partial charge is 0.319 e. The minimum absolute atomic E-state index is 0.130. The zero-order valence-electron chi connectivity index (χ0n) is 12.6. The van der Waals surface area contributed by atoms with Gasteiger partial charge in [-0.1, -0.05) is 19.1 Å². The molecule has 116 valence electrons. The highest BCUT2D eigenvalue weighted by atomic mass is 16.2. The quantitative estimate of drug-likeness (QED) is 0.587. The van der Waals surface area contributed by atoms with Crippen LogP contribution in [-0.2, 0) is 4.79 Å². The first kappa shape index (κ1) is 17.0. The maximum absolute atomic E-state index is 11.7. The van der Waals surface area contributed by atoms with Gasteiger partial charge in [-0.2, -0.15) is 0 Å². The van der Waals surface area contributed by atoms with Crippen LogP contribution in [0, 0.1) is 0 Å². The molecule has 1 atom stereocenters. The molecular formula is C15H24N4O2. The Balaban J connectivity index is 2.51. The van der Waals surface area contributed by atoms with Crippen LogP contribution < -0.4 is 21.7 Å². The van der Waals surface area contributed by atoms with Crippen LogP contribution in [0.1, 0.15) is 38.3 Å². The largest absolute Gasteiger partial charge is 0.370 e. The van der Waals surface area contributed by atoms with Crippen molar-refractivity contribution in [2.45, 2.75) is 32.7 Å². The lowest BCUT2D eigenvalue weighted by atomic mass is 10.1. The van der Waals surface area contributed by atoms with Gasteiger partial charge in [0.2, 0.25) is 5.91 Å². The number of nitrogens with one attached hydrogen (secondary N) is 3. The van der Waals surface area contributed by atoms with Crippen molar-refractivity contribution < 1.29 is 9.59 Å². The van der Waals surface area contributed by atoms with Gasteiger partial charge in [0.1, 0.15) is 0 Å². The summed E-state index contributed by atoms with van der Waals surface area (Å²) in [4.78, 5) is 22.2. The van der Waals surface area contributed by atoms with Crippen LogP contribution in [0.2, 0.25) is 0 Å². The highest BCUT2D eigenvalue weighted by molar-refractivity contribution is 5.89. The number of hydrogen-bond donors (Lipinski definition) is 4. The van der Waals surface area contributed by atoms with Crippen molar-refractivity contribution in [1.82, 2.24) is 10.6 Å². The molecule has 0 spiro atoms. The lowest BCUT2D eigenvalue weighted by Gasteiger charge is -2.15. The minimum atomic E-state index is -0.437. The molecule has 0 bridgehead atoms. The van der Waals surface area contributed by atoms with Crippen LogP contribution in [0.25, 0.3) is 0 Å². The van der Waals surface area contributed by atoms with Crippen molar-refractivity contribution in [1.29, 1.82) is 0 Å². The van der Waals surface area contributed by atoms with Crippen LogP contribution in [0.3, 0.4) is 0 Å². The van der Waals surface area contributed by atoms with Crippen LogP contribution >= 0.6 is 0 Å². The van der Waals surface area contributed by atoms with Crippen molar-refractivity contribution in [2.75, 3.05) is 18.4 Å². The van der Waals surface area contributed by atoms with E-state index in [1.165, 1.54) is 0 Å². The van der Waals surface area contributed by atoms with Crippen LogP contribution in [-0.4, -0.2) is 25.0 Å². The molecule has 0 saturated carbocycles. The van der Waals surface area contributed by atoms with Gasteiger partial charge in [0.05, 0.1) is 0 Å². The molecule has 0 aliphatic heterocycles. The average molecular weight is 292 g/mol. The molecule has 5 N–H and O–H groups in total. The molecule has 21 heavy (non-hydrogen) atoms. The predicted octanol–water partition coefficient (Wildman–Crippen LogP) is 1.74. The molecule has 0 aliphatic carbocycles. The second kappa shape index (κ2) is 8.97. The number of hydrogen-bond acceptors (Lipinski definition) is 3. The number of primary amides is 1. The first-order chi connectivity index (χ1) is 10.0. The van der Waals surface area contributed by atoms with Gasteiger partial charge in [-0.15, -0.1) is 0 Å². The SMILES string of the molecule is CCCNC(C)c1cccc(NC(=O)NCCC(N)=O)c1. The monoisotopic (exact) mass is 292 g/mol. The Hall–Kier alpha value is -2.08. The fourth-order valence-corrected chi connectivity index (χ4v) is 1.84. The second-order valence-electron chi connectivity index (χ2n) is 4.90. The van der Waals surface area contributed by atoms with Crippen molar-refractivity contribution in [3.63, 3.8) is 0 Å². The number of nitrogens with two attached hydrogens (primary N) is 1. The summed E-state index contributed by atoms with van der Waals surface area (Å²) in [7, 11) is 0. The molecule has 6 heteroatoms. The van der Waals surface area contributed by atoms with Crippen LogP contribution in [0.4, 0.5) is 10.5 Å². The summed E-state index contributed by atoms with van der Waals surface area (Å²) in [5, 5.41) is 8.71. The third-order valence-electron chi connectivity index (χ3n) is 3.00. The molecule has 0 aliphatic rings. The maximum atomic E-state index is 11.7. The Morgan fingerprint density at radius 3 is 2.71 bits per heavy atom. The molecule has 6 nitrogen and oxygen atoms in total. The van der Waals surface area contributed by atoms with Crippen molar-refractivity contribution in [3.05, 3.63) is 29.8 Å². The molecule has 1 aromatic rings. The Bertz CT molecular complexity index is 476. The summed E-state index contributed by atoms with van der Waals surface area (Å²) in [5.74, 6) is -0.437. The fourth-order valence-electron chi connectivity index (χ4n) is 1.84. The highest BCUT2D eigenvalue weighted by Crippen LogP contribution is 2.17. The topological polar surface area (TPSA) is 96.2 Å². The number of benzene rings is 1. The zero-order valence-corrected chi connectivity index (χ0v) is 12.6. The molecule has 3 amide bonds. The van der Waals surface area contributed by atoms with E-state index in [4.69, 9.17) is 5.73 Å². The van der Waals surface area contributed by atoms with Gasteiger partial charge in [0.15, 0.2) is 0 Å². The molecule has 0 fully saturated rings. The molecule has 1 aromatic carbocycles. The summed E-state index contributed by atoms with van der Waals surface area (Å²) in [5.41, 5.74) is 6.83. The van der Waals surface area contributed by atoms with Crippen LogP contribution in [0.5, 0.6) is 0 Å². The van der Waals surface area contributed by atoms with E-state index in [9.17, 15) is 9.59 Å². The number of rotatable bonds is 8. The van der Waals surface area contributed by atoms with Crippen LogP contribution in [0.15, 0.2) is 24.3 Å². The molecule has 0 radical (unpaired) electrons. The number of anilines is 1. The van der Waals surface area contributed by atoms with E-state index >= 15 is 0 Å². The standard InChI is InChI=1S/C15H24N4O2/c1-3-8-17-11(2)12-5-4-6-13(10-12)19-15(21)18-9-7-14(16)20/h4-6,10-11,17H,3,7-9H2,1-2H3,(H2,16,20)(H2,18,19,21). The number of urea groups is 1.